The first-order chi connectivity index (χ1) is 11.6. The number of hydrogen-bond donors (Lipinski definition) is 0. The van der Waals surface area contributed by atoms with Crippen LogP contribution in [0.2, 0.25) is 0 Å². The maximum absolute atomic E-state index is 12.6. The number of hydrogen-bond acceptors (Lipinski definition) is 4. The SMILES string of the molecule is C=C(C)C(=O)N(Cc1cccnc1)c1nc2ccc(CC)cc2s1. The average Bonchev–Trinajstić information content (AvgIpc) is 3.02. The molecular formula is C19H19N3OS. The van der Waals surface area contributed by atoms with Gasteiger partial charge in [0.05, 0.1) is 16.8 Å². The van der Waals surface area contributed by atoms with Crippen LogP contribution in [-0.2, 0) is 17.8 Å². The zero-order chi connectivity index (χ0) is 17.1. The molecule has 4 nitrogen and oxygen atoms in total. The zero-order valence-corrected chi connectivity index (χ0v) is 14.6. The van der Waals surface area contributed by atoms with Gasteiger partial charge in [0.2, 0.25) is 0 Å². The molecular weight excluding hydrogens is 318 g/mol. The summed E-state index contributed by atoms with van der Waals surface area (Å²) in [4.78, 5) is 23.1. The van der Waals surface area contributed by atoms with Gasteiger partial charge >= 0.3 is 0 Å². The molecule has 0 aliphatic carbocycles. The van der Waals surface area contributed by atoms with Crippen molar-refractivity contribution in [1.29, 1.82) is 0 Å². The van der Waals surface area contributed by atoms with E-state index >= 15 is 0 Å². The molecule has 2 aromatic heterocycles. The molecule has 3 aromatic rings. The van der Waals surface area contributed by atoms with Crippen molar-refractivity contribution >= 4 is 32.6 Å². The van der Waals surface area contributed by atoms with Crippen LogP contribution in [0.4, 0.5) is 5.13 Å². The van der Waals surface area contributed by atoms with Crippen molar-refractivity contribution in [3.63, 3.8) is 0 Å². The number of nitrogens with zero attached hydrogens (tertiary/aromatic N) is 3. The summed E-state index contributed by atoms with van der Waals surface area (Å²) >= 11 is 1.53. The van der Waals surface area contributed by atoms with E-state index in [1.54, 1.807) is 24.2 Å². The lowest BCUT2D eigenvalue weighted by Crippen LogP contribution is -2.30. The van der Waals surface area contributed by atoms with Crippen molar-refractivity contribution in [2.45, 2.75) is 26.8 Å². The van der Waals surface area contributed by atoms with Gasteiger partial charge < -0.3 is 0 Å². The lowest BCUT2D eigenvalue weighted by molar-refractivity contribution is -0.115. The van der Waals surface area contributed by atoms with Crippen molar-refractivity contribution in [3.05, 3.63) is 66.0 Å². The second-order valence-corrected chi connectivity index (χ2v) is 6.69. The normalized spacial score (nSPS) is 10.8. The Morgan fingerprint density at radius 2 is 2.12 bits per heavy atom. The van der Waals surface area contributed by atoms with Crippen LogP contribution in [0.25, 0.3) is 10.2 Å². The quantitative estimate of drug-likeness (QED) is 0.650. The molecule has 1 amide bonds. The highest BCUT2D eigenvalue weighted by Crippen LogP contribution is 2.31. The minimum Gasteiger partial charge on any atom is -0.280 e. The van der Waals surface area contributed by atoms with E-state index in [2.05, 4.69) is 35.6 Å². The number of thiazole rings is 1. The summed E-state index contributed by atoms with van der Waals surface area (Å²) < 4.78 is 1.09. The van der Waals surface area contributed by atoms with E-state index in [1.165, 1.54) is 16.9 Å². The van der Waals surface area contributed by atoms with Crippen LogP contribution in [0.15, 0.2) is 54.9 Å². The van der Waals surface area contributed by atoms with Crippen molar-refractivity contribution < 1.29 is 4.79 Å². The Labute approximate surface area is 145 Å². The van der Waals surface area contributed by atoms with Gasteiger partial charge in [-0.05, 0) is 42.7 Å². The van der Waals surface area contributed by atoms with Crippen LogP contribution >= 0.6 is 11.3 Å². The predicted octanol–water partition coefficient (Wildman–Crippen LogP) is 4.36. The van der Waals surface area contributed by atoms with Crippen LogP contribution in [0.3, 0.4) is 0 Å². The number of carbonyl (C=O) groups excluding carboxylic acids is 1. The highest BCUT2D eigenvalue weighted by atomic mass is 32.1. The predicted molar refractivity (Wildman–Crippen MR) is 99.2 cm³/mol. The van der Waals surface area contributed by atoms with E-state index in [1.807, 2.05) is 18.2 Å². The van der Waals surface area contributed by atoms with Gasteiger partial charge in [-0.2, -0.15) is 0 Å². The zero-order valence-electron chi connectivity index (χ0n) is 13.8. The molecule has 0 aliphatic heterocycles. The number of amides is 1. The molecule has 122 valence electrons. The first-order valence-corrected chi connectivity index (χ1v) is 8.66. The summed E-state index contributed by atoms with van der Waals surface area (Å²) in [7, 11) is 0. The molecule has 0 radical (unpaired) electrons. The summed E-state index contributed by atoms with van der Waals surface area (Å²) in [5.41, 5.74) is 3.63. The van der Waals surface area contributed by atoms with Gasteiger partial charge in [-0.25, -0.2) is 4.98 Å². The molecule has 0 fully saturated rings. The summed E-state index contributed by atoms with van der Waals surface area (Å²) in [6.07, 6.45) is 4.47. The Balaban J connectivity index is 2.01. The lowest BCUT2D eigenvalue weighted by atomic mass is 10.2. The standard InChI is InChI=1S/C19H19N3OS/c1-4-14-7-8-16-17(10-14)24-19(21-16)22(18(23)13(2)3)12-15-6-5-9-20-11-15/h5-11H,2,4,12H2,1,3H3. The monoisotopic (exact) mass is 337 g/mol. The molecule has 0 spiro atoms. The number of carbonyl (C=O) groups is 1. The molecule has 0 saturated carbocycles. The van der Waals surface area contributed by atoms with Crippen molar-refractivity contribution in [2.24, 2.45) is 0 Å². The summed E-state index contributed by atoms with van der Waals surface area (Å²) in [5, 5.41) is 0.690. The molecule has 0 bridgehead atoms. The van der Waals surface area contributed by atoms with Gasteiger partial charge in [0.25, 0.3) is 5.91 Å². The van der Waals surface area contributed by atoms with Crippen LogP contribution in [0.1, 0.15) is 25.0 Å². The minimum absolute atomic E-state index is 0.117. The second-order valence-electron chi connectivity index (χ2n) is 5.68. The first-order valence-electron chi connectivity index (χ1n) is 7.84. The summed E-state index contributed by atoms with van der Waals surface area (Å²) in [5.74, 6) is -0.117. The Hall–Kier alpha value is -2.53. The first kappa shape index (κ1) is 16.3. The van der Waals surface area contributed by atoms with Gasteiger partial charge in [-0.3, -0.25) is 14.7 Å². The average molecular weight is 337 g/mol. The molecule has 0 unspecified atom stereocenters. The van der Waals surface area contributed by atoms with Crippen LogP contribution in [0, 0.1) is 0 Å². The maximum Gasteiger partial charge on any atom is 0.255 e. The number of aryl methyl sites for hydroxylation is 1. The summed E-state index contributed by atoms with van der Waals surface area (Å²) in [6, 6.07) is 10.1. The van der Waals surface area contributed by atoms with Crippen molar-refractivity contribution in [2.75, 3.05) is 4.90 Å². The molecule has 3 rings (SSSR count). The number of aromatic nitrogens is 2. The smallest absolute Gasteiger partial charge is 0.255 e. The number of benzene rings is 1. The molecule has 0 aliphatic rings. The number of anilines is 1. The topological polar surface area (TPSA) is 46.1 Å². The van der Waals surface area contributed by atoms with Gasteiger partial charge in [0.1, 0.15) is 0 Å². The fourth-order valence-electron chi connectivity index (χ4n) is 2.42. The second kappa shape index (κ2) is 6.93. The Kier molecular flexibility index (Phi) is 4.71. The van der Waals surface area contributed by atoms with Gasteiger partial charge in [-0.1, -0.05) is 37.0 Å². The molecule has 0 N–H and O–H groups in total. The highest BCUT2D eigenvalue weighted by Gasteiger charge is 2.20. The van der Waals surface area contributed by atoms with Crippen LogP contribution in [0.5, 0.6) is 0 Å². The van der Waals surface area contributed by atoms with Crippen LogP contribution in [-0.4, -0.2) is 15.9 Å². The van der Waals surface area contributed by atoms with Crippen molar-refractivity contribution in [3.8, 4) is 0 Å². The van der Waals surface area contributed by atoms with E-state index in [0.29, 0.717) is 17.2 Å². The third kappa shape index (κ3) is 3.36. The van der Waals surface area contributed by atoms with E-state index in [0.717, 1.165) is 22.2 Å². The molecule has 0 saturated heterocycles. The molecule has 2 heterocycles. The maximum atomic E-state index is 12.6. The third-order valence-electron chi connectivity index (χ3n) is 3.75. The number of rotatable bonds is 5. The van der Waals surface area contributed by atoms with Gasteiger partial charge in [-0.15, -0.1) is 0 Å². The van der Waals surface area contributed by atoms with Crippen LogP contribution < -0.4 is 4.90 Å². The van der Waals surface area contributed by atoms with Gasteiger partial charge in [0.15, 0.2) is 5.13 Å². The Morgan fingerprint density at radius 3 is 2.79 bits per heavy atom. The Morgan fingerprint density at radius 1 is 1.29 bits per heavy atom. The van der Waals surface area contributed by atoms with E-state index in [-0.39, 0.29) is 5.91 Å². The fraction of sp³-hybridized carbons (Fsp3) is 0.211. The van der Waals surface area contributed by atoms with Crippen molar-refractivity contribution in [1.82, 2.24) is 9.97 Å². The highest BCUT2D eigenvalue weighted by molar-refractivity contribution is 7.22. The van der Waals surface area contributed by atoms with E-state index in [9.17, 15) is 4.79 Å². The molecule has 5 heteroatoms. The largest absolute Gasteiger partial charge is 0.280 e. The third-order valence-corrected chi connectivity index (χ3v) is 4.80. The number of pyridine rings is 1. The molecule has 1 aromatic carbocycles. The Bertz CT molecular complexity index is 886. The van der Waals surface area contributed by atoms with Gasteiger partial charge in [0, 0.05) is 18.0 Å². The number of fused-ring (bicyclic) bond motifs is 1. The fourth-order valence-corrected chi connectivity index (χ4v) is 3.45. The molecule has 0 atom stereocenters. The molecule has 24 heavy (non-hydrogen) atoms. The lowest BCUT2D eigenvalue weighted by Gasteiger charge is -2.19. The summed E-state index contributed by atoms with van der Waals surface area (Å²) in [6.45, 7) is 8.08. The van der Waals surface area contributed by atoms with E-state index in [4.69, 9.17) is 0 Å². The minimum atomic E-state index is -0.117. The van der Waals surface area contributed by atoms with E-state index < -0.39 is 0 Å².